The number of amides is 1. The molecule has 0 fully saturated rings. The van der Waals surface area contributed by atoms with E-state index in [0.717, 1.165) is 22.4 Å². The maximum atomic E-state index is 13.1. The zero-order valence-electron chi connectivity index (χ0n) is 17.7. The van der Waals surface area contributed by atoms with Gasteiger partial charge in [0, 0.05) is 24.3 Å². The maximum absolute atomic E-state index is 13.1. The monoisotopic (exact) mass is 434 g/mol. The van der Waals surface area contributed by atoms with Crippen LogP contribution in [-0.4, -0.2) is 25.2 Å². The minimum atomic E-state index is -3.67. The Morgan fingerprint density at radius 1 is 0.903 bits per heavy atom. The Labute approximate surface area is 184 Å². The van der Waals surface area contributed by atoms with Gasteiger partial charge in [0.15, 0.2) is 0 Å². The summed E-state index contributed by atoms with van der Waals surface area (Å²) in [5, 5.41) is 2.86. The van der Waals surface area contributed by atoms with Crippen LogP contribution in [0.4, 0.5) is 5.69 Å². The fraction of sp³-hybridized carbons (Fsp3) is 0.160. The van der Waals surface area contributed by atoms with Gasteiger partial charge in [-0.2, -0.15) is 4.31 Å². The van der Waals surface area contributed by atoms with Crippen molar-refractivity contribution in [2.75, 3.05) is 11.9 Å². The van der Waals surface area contributed by atoms with Crippen LogP contribution < -0.4 is 5.32 Å². The summed E-state index contributed by atoms with van der Waals surface area (Å²) in [6.07, 6.45) is 1.56. The summed E-state index contributed by atoms with van der Waals surface area (Å²) in [4.78, 5) is 12.7. The molecule has 3 aromatic carbocycles. The molecule has 1 N–H and O–H groups in total. The second kappa shape index (κ2) is 9.73. The van der Waals surface area contributed by atoms with Gasteiger partial charge >= 0.3 is 0 Å². The minimum absolute atomic E-state index is 0.183. The summed E-state index contributed by atoms with van der Waals surface area (Å²) in [5.74, 6) is -0.217. The van der Waals surface area contributed by atoms with Crippen LogP contribution >= 0.6 is 0 Å². The summed E-state index contributed by atoms with van der Waals surface area (Å²) in [7, 11) is -3.67. The number of anilines is 1. The van der Waals surface area contributed by atoms with Crippen molar-refractivity contribution in [2.45, 2.75) is 25.3 Å². The number of carbonyl (C=O) groups is 1. The average molecular weight is 435 g/mol. The highest BCUT2D eigenvalue weighted by Crippen LogP contribution is 2.20. The van der Waals surface area contributed by atoms with E-state index in [1.807, 2.05) is 38.1 Å². The zero-order chi connectivity index (χ0) is 22.4. The molecule has 3 rings (SSSR count). The first-order chi connectivity index (χ1) is 14.8. The summed E-state index contributed by atoms with van der Waals surface area (Å²) >= 11 is 0. The molecule has 0 spiro atoms. The number of rotatable bonds is 8. The molecule has 31 heavy (non-hydrogen) atoms. The van der Waals surface area contributed by atoms with Gasteiger partial charge in [0.05, 0.1) is 4.90 Å². The second-order valence-corrected chi connectivity index (χ2v) is 9.35. The molecule has 0 bridgehead atoms. The predicted octanol–water partition coefficient (Wildman–Crippen LogP) is 4.93. The van der Waals surface area contributed by atoms with Crippen LogP contribution in [0.3, 0.4) is 0 Å². The molecule has 0 aliphatic rings. The van der Waals surface area contributed by atoms with E-state index in [1.54, 1.807) is 54.6 Å². The van der Waals surface area contributed by atoms with Crippen molar-refractivity contribution in [2.24, 2.45) is 0 Å². The molecule has 0 aliphatic heterocycles. The molecule has 0 aromatic heterocycles. The number of carbonyl (C=O) groups excluding carboxylic acids is 1. The van der Waals surface area contributed by atoms with E-state index in [9.17, 15) is 13.2 Å². The Hall–Kier alpha value is -3.22. The third-order valence-electron chi connectivity index (χ3n) is 4.88. The third-order valence-corrected chi connectivity index (χ3v) is 6.70. The smallest absolute Gasteiger partial charge is 0.255 e. The number of nitrogens with one attached hydrogen (secondary N) is 1. The Balaban J connectivity index is 1.74. The molecule has 0 saturated carbocycles. The largest absolute Gasteiger partial charge is 0.322 e. The molecule has 1 amide bonds. The Bertz CT molecular complexity index is 1150. The lowest BCUT2D eigenvalue weighted by Crippen LogP contribution is -2.30. The highest BCUT2D eigenvalue weighted by Gasteiger charge is 2.23. The first-order valence-electron chi connectivity index (χ1n) is 9.94. The van der Waals surface area contributed by atoms with Crippen LogP contribution in [0.2, 0.25) is 0 Å². The van der Waals surface area contributed by atoms with Gasteiger partial charge in [-0.1, -0.05) is 53.6 Å². The molecule has 0 radical (unpaired) electrons. The number of nitrogens with zero attached hydrogens (tertiary/aromatic N) is 1. The van der Waals surface area contributed by atoms with E-state index < -0.39 is 10.0 Å². The van der Waals surface area contributed by atoms with Crippen molar-refractivity contribution in [1.82, 2.24) is 4.31 Å². The van der Waals surface area contributed by atoms with Crippen molar-refractivity contribution in [1.29, 1.82) is 0 Å². The van der Waals surface area contributed by atoms with Gasteiger partial charge in [0.2, 0.25) is 10.0 Å². The fourth-order valence-corrected chi connectivity index (χ4v) is 4.46. The Kier molecular flexibility index (Phi) is 7.05. The molecule has 6 heteroatoms. The van der Waals surface area contributed by atoms with Gasteiger partial charge in [-0.25, -0.2) is 8.42 Å². The number of sulfonamides is 1. The van der Waals surface area contributed by atoms with Crippen molar-refractivity contribution in [3.05, 3.63) is 108 Å². The fourth-order valence-electron chi connectivity index (χ4n) is 3.06. The Morgan fingerprint density at radius 2 is 1.45 bits per heavy atom. The van der Waals surface area contributed by atoms with E-state index >= 15 is 0 Å². The van der Waals surface area contributed by atoms with E-state index in [0.29, 0.717) is 5.56 Å². The van der Waals surface area contributed by atoms with Crippen LogP contribution in [0.5, 0.6) is 0 Å². The quantitative estimate of drug-likeness (QED) is 0.511. The van der Waals surface area contributed by atoms with Crippen LogP contribution in [0.15, 0.2) is 90.3 Å². The van der Waals surface area contributed by atoms with E-state index in [1.165, 1.54) is 4.31 Å². The van der Waals surface area contributed by atoms with E-state index in [-0.39, 0.29) is 23.9 Å². The van der Waals surface area contributed by atoms with E-state index in [4.69, 9.17) is 0 Å². The van der Waals surface area contributed by atoms with Gasteiger partial charge in [-0.05, 0) is 55.8 Å². The molecule has 0 atom stereocenters. The van der Waals surface area contributed by atoms with Gasteiger partial charge in [0.25, 0.3) is 5.91 Å². The highest BCUT2D eigenvalue weighted by atomic mass is 32.2. The van der Waals surface area contributed by atoms with Crippen molar-refractivity contribution < 1.29 is 13.2 Å². The molecule has 0 unspecified atom stereocenters. The first-order valence-corrected chi connectivity index (χ1v) is 11.4. The summed E-state index contributed by atoms with van der Waals surface area (Å²) in [6.45, 7) is 7.95. The normalized spacial score (nSPS) is 11.3. The maximum Gasteiger partial charge on any atom is 0.255 e. The number of aryl methyl sites for hydroxylation is 2. The highest BCUT2D eigenvalue weighted by molar-refractivity contribution is 7.89. The van der Waals surface area contributed by atoms with Gasteiger partial charge in [-0.3, -0.25) is 4.79 Å². The predicted molar refractivity (Wildman–Crippen MR) is 125 cm³/mol. The second-order valence-electron chi connectivity index (χ2n) is 7.42. The summed E-state index contributed by atoms with van der Waals surface area (Å²) in [5.41, 5.74) is 4.12. The van der Waals surface area contributed by atoms with Gasteiger partial charge < -0.3 is 5.32 Å². The van der Waals surface area contributed by atoms with Gasteiger partial charge in [-0.15, -0.1) is 6.58 Å². The molecule has 0 heterocycles. The molecule has 160 valence electrons. The molecule has 0 aliphatic carbocycles. The first kappa shape index (κ1) is 22.5. The third kappa shape index (κ3) is 5.69. The lowest BCUT2D eigenvalue weighted by Gasteiger charge is -2.21. The van der Waals surface area contributed by atoms with E-state index in [2.05, 4.69) is 11.9 Å². The summed E-state index contributed by atoms with van der Waals surface area (Å²) in [6, 6.07) is 21.3. The topological polar surface area (TPSA) is 66.5 Å². The van der Waals surface area contributed by atoms with Gasteiger partial charge in [0.1, 0.15) is 0 Å². The molecular formula is C25H26N2O3S. The zero-order valence-corrected chi connectivity index (χ0v) is 18.5. The number of benzene rings is 3. The van der Waals surface area contributed by atoms with Crippen molar-refractivity contribution in [3.8, 4) is 0 Å². The van der Waals surface area contributed by atoms with Crippen LogP contribution in [0, 0.1) is 13.8 Å². The minimum Gasteiger partial charge on any atom is -0.322 e. The SMILES string of the molecule is C=CCN(Cc1ccc(C(=O)Nc2ccc(C)cc2)cc1)S(=O)(=O)c1ccc(C)cc1. The van der Waals surface area contributed by atoms with Crippen molar-refractivity contribution >= 4 is 21.6 Å². The Morgan fingerprint density at radius 3 is 2.00 bits per heavy atom. The molecule has 5 nitrogen and oxygen atoms in total. The summed E-state index contributed by atoms with van der Waals surface area (Å²) < 4.78 is 27.5. The molecule has 3 aromatic rings. The van der Waals surface area contributed by atoms with Crippen LogP contribution in [-0.2, 0) is 16.6 Å². The standard InChI is InChI=1S/C25H26N2O3S/c1-4-17-27(31(29,30)24-15-7-20(3)8-16-24)18-21-9-11-22(12-10-21)25(28)26-23-13-5-19(2)6-14-23/h4-16H,1,17-18H2,2-3H3,(H,26,28). The molecular weight excluding hydrogens is 408 g/mol. The van der Waals surface area contributed by atoms with Crippen molar-refractivity contribution in [3.63, 3.8) is 0 Å². The van der Waals surface area contributed by atoms with Crippen LogP contribution in [0.25, 0.3) is 0 Å². The number of hydrogen-bond donors (Lipinski definition) is 1. The lowest BCUT2D eigenvalue weighted by atomic mass is 10.1. The lowest BCUT2D eigenvalue weighted by molar-refractivity contribution is 0.102. The number of hydrogen-bond acceptors (Lipinski definition) is 3. The molecule has 0 saturated heterocycles. The average Bonchev–Trinajstić information content (AvgIpc) is 2.76. The van der Waals surface area contributed by atoms with Crippen LogP contribution in [0.1, 0.15) is 27.0 Å².